The zero-order chi connectivity index (χ0) is 18.9. The quantitative estimate of drug-likeness (QED) is 0.858. The van der Waals surface area contributed by atoms with E-state index in [0.717, 1.165) is 55.4 Å². The third kappa shape index (κ3) is 3.98. The molecule has 2 aliphatic rings. The highest BCUT2D eigenvalue weighted by molar-refractivity contribution is 5.57. The smallest absolute Gasteiger partial charge is 0.161 e. The number of benzene rings is 1. The Kier molecular flexibility index (Phi) is 5.12. The van der Waals surface area contributed by atoms with E-state index in [0.29, 0.717) is 19.0 Å². The number of hydrogen-bond donors (Lipinski definition) is 2. The molecule has 0 spiro atoms. The second kappa shape index (κ2) is 7.54. The van der Waals surface area contributed by atoms with Crippen LogP contribution in [0.15, 0.2) is 36.4 Å². The number of anilines is 1. The lowest BCUT2D eigenvalue weighted by Crippen LogP contribution is -2.46. The summed E-state index contributed by atoms with van der Waals surface area (Å²) in [5.74, 6) is 1.77. The summed E-state index contributed by atoms with van der Waals surface area (Å²) in [5, 5.41) is 19.7. The highest BCUT2D eigenvalue weighted by Gasteiger charge is 2.39. The zero-order valence-electron chi connectivity index (χ0n) is 15.9. The van der Waals surface area contributed by atoms with Crippen molar-refractivity contribution in [2.24, 2.45) is 0 Å². The predicted molar refractivity (Wildman–Crippen MR) is 106 cm³/mol. The number of aryl methyl sites for hydroxylation is 1. The molecular formula is C21H28N4O2. The van der Waals surface area contributed by atoms with E-state index in [1.165, 1.54) is 0 Å². The lowest BCUT2D eigenvalue weighted by atomic mass is 10.0. The third-order valence-electron chi connectivity index (χ3n) is 5.83. The van der Waals surface area contributed by atoms with Crippen LogP contribution in [0.1, 0.15) is 25.0 Å². The molecule has 6 heteroatoms. The van der Waals surface area contributed by atoms with E-state index < -0.39 is 5.60 Å². The van der Waals surface area contributed by atoms with E-state index in [2.05, 4.69) is 20.9 Å². The van der Waals surface area contributed by atoms with Crippen LogP contribution in [0.3, 0.4) is 0 Å². The number of hydrogen-bond acceptors (Lipinski definition) is 6. The van der Waals surface area contributed by atoms with Gasteiger partial charge >= 0.3 is 0 Å². The maximum atomic E-state index is 10.3. The first-order chi connectivity index (χ1) is 13.1. The van der Waals surface area contributed by atoms with Gasteiger partial charge in [-0.25, -0.2) is 9.97 Å². The van der Waals surface area contributed by atoms with Gasteiger partial charge in [0.15, 0.2) is 5.82 Å². The highest BCUT2D eigenvalue weighted by atomic mass is 16.3. The average Bonchev–Trinajstić information content (AvgIpc) is 3.11. The number of β-amino-alcohol motifs (C(OH)–C–C–N with tert-alkyl or cyclic N) is 1. The first-order valence-electron chi connectivity index (χ1n) is 9.80. The van der Waals surface area contributed by atoms with Gasteiger partial charge < -0.3 is 15.1 Å². The Morgan fingerprint density at radius 2 is 1.85 bits per heavy atom. The summed E-state index contributed by atoms with van der Waals surface area (Å²) in [4.78, 5) is 14.1. The average molecular weight is 368 g/mol. The van der Waals surface area contributed by atoms with Crippen molar-refractivity contribution in [2.75, 3.05) is 37.7 Å². The Morgan fingerprint density at radius 3 is 2.52 bits per heavy atom. The minimum Gasteiger partial charge on any atom is -0.393 e. The molecule has 1 aromatic heterocycles. The molecular weight excluding hydrogens is 340 g/mol. The van der Waals surface area contributed by atoms with Gasteiger partial charge in [-0.1, -0.05) is 30.3 Å². The van der Waals surface area contributed by atoms with Crippen LogP contribution in [0, 0.1) is 6.92 Å². The Labute approximate surface area is 160 Å². The van der Waals surface area contributed by atoms with Gasteiger partial charge in [-0.2, -0.15) is 0 Å². The number of nitrogens with zero attached hydrogens (tertiary/aromatic N) is 4. The molecule has 2 saturated heterocycles. The molecule has 4 rings (SSSR count). The number of likely N-dealkylation sites (tertiary alicyclic amines) is 1. The fourth-order valence-electron chi connectivity index (χ4n) is 4.22. The number of aromatic nitrogens is 2. The first kappa shape index (κ1) is 18.3. The normalized spacial score (nSPS) is 24.5. The molecule has 0 aliphatic carbocycles. The molecule has 0 bridgehead atoms. The van der Waals surface area contributed by atoms with Gasteiger partial charge in [-0.05, 0) is 26.2 Å². The monoisotopic (exact) mass is 368 g/mol. The number of aliphatic hydroxyl groups excluding tert-OH is 1. The lowest BCUT2D eigenvalue weighted by Gasteiger charge is -2.37. The summed E-state index contributed by atoms with van der Waals surface area (Å²) in [6.45, 7) is 5.22. The van der Waals surface area contributed by atoms with Crippen molar-refractivity contribution in [3.05, 3.63) is 42.1 Å². The standard InChI is InChI=1S/C21H28N4O2/c1-16-13-19(23-20(22-16)17-5-3-2-4-6-17)24-10-7-18(8-11-24)25-12-9-21(27,14-25)15-26/h2-6,13,18,26-27H,7-12,14-15H2,1H3/t21-/m0/s1. The predicted octanol–water partition coefficient (Wildman–Crippen LogP) is 1.85. The lowest BCUT2D eigenvalue weighted by molar-refractivity contribution is -0.00940. The van der Waals surface area contributed by atoms with Crippen molar-refractivity contribution in [2.45, 2.75) is 37.8 Å². The molecule has 3 heterocycles. The Hall–Kier alpha value is -2.02. The number of aliphatic hydroxyl groups is 2. The molecule has 6 nitrogen and oxygen atoms in total. The van der Waals surface area contributed by atoms with Crippen molar-refractivity contribution in [1.29, 1.82) is 0 Å². The maximum Gasteiger partial charge on any atom is 0.161 e. The largest absolute Gasteiger partial charge is 0.393 e. The minimum atomic E-state index is -0.911. The summed E-state index contributed by atoms with van der Waals surface area (Å²) >= 11 is 0. The zero-order valence-corrected chi connectivity index (χ0v) is 15.9. The summed E-state index contributed by atoms with van der Waals surface area (Å²) < 4.78 is 0. The van der Waals surface area contributed by atoms with E-state index in [1.807, 2.05) is 37.3 Å². The molecule has 144 valence electrons. The van der Waals surface area contributed by atoms with Crippen molar-refractivity contribution < 1.29 is 10.2 Å². The van der Waals surface area contributed by atoms with E-state index in [4.69, 9.17) is 4.98 Å². The van der Waals surface area contributed by atoms with Crippen molar-refractivity contribution in [3.8, 4) is 11.4 Å². The van der Waals surface area contributed by atoms with Crippen LogP contribution in [0.25, 0.3) is 11.4 Å². The van der Waals surface area contributed by atoms with Crippen LogP contribution in [-0.4, -0.2) is 69.5 Å². The highest BCUT2D eigenvalue weighted by Crippen LogP contribution is 2.29. The molecule has 1 atom stereocenters. The van der Waals surface area contributed by atoms with Gasteiger partial charge in [0.1, 0.15) is 11.4 Å². The molecule has 0 amide bonds. The van der Waals surface area contributed by atoms with Crippen LogP contribution < -0.4 is 4.90 Å². The van der Waals surface area contributed by atoms with Crippen molar-refractivity contribution in [1.82, 2.24) is 14.9 Å². The minimum absolute atomic E-state index is 0.148. The van der Waals surface area contributed by atoms with E-state index in [1.54, 1.807) is 0 Å². The Morgan fingerprint density at radius 1 is 1.11 bits per heavy atom. The van der Waals surface area contributed by atoms with E-state index >= 15 is 0 Å². The van der Waals surface area contributed by atoms with Gasteiger partial charge in [0.25, 0.3) is 0 Å². The summed E-state index contributed by atoms with van der Waals surface area (Å²) in [6, 6.07) is 12.6. The van der Waals surface area contributed by atoms with Crippen LogP contribution >= 0.6 is 0 Å². The number of rotatable bonds is 4. The molecule has 0 radical (unpaired) electrons. The number of piperidine rings is 1. The van der Waals surface area contributed by atoms with Gasteiger partial charge in [-0.15, -0.1) is 0 Å². The van der Waals surface area contributed by atoms with Crippen molar-refractivity contribution >= 4 is 5.82 Å². The molecule has 2 aliphatic heterocycles. The van der Waals surface area contributed by atoms with E-state index in [9.17, 15) is 10.2 Å². The molecule has 2 aromatic rings. The molecule has 0 unspecified atom stereocenters. The third-order valence-corrected chi connectivity index (χ3v) is 5.83. The van der Waals surface area contributed by atoms with Gasteiger partial charge in [0, 0.05) is 49.5 Å². The van der Waals surface area contributed by atoms with Crippen LogP contribution in [-0.2, 0) is 0 Å². The fourth-order valence-corrected chi connectivity index (χ4v) is 4.22. The van der Waals surface area contributed by atoms with Crippen LogP contribution in [0.5, 0.6) is 0 Å². The first-order valence-corrected chi connectivity index (χ1v) is 9.80. The Bertz CT molecular complexity index is 777. The van der Waals surface area contributed by atoms with Crippen molar-refractivity contribution in [3.63, 3.8) is 0 Å². The molecule has 2 N–H and O–H groups in total. The molecule has 27 heavy (non-hydrogen) atoms. The maximum absolute atomic E-state index is 10.3. The molecule has 2 fully saturated rings. The SMILES string of the molecule is Cc1cc(N2CCC(N3CC[C@@](O)(CO)C3)CC2)nc(-c2ccccc2)n1. The summed E-state index contributed by atoms with van der Waals surface area (Å²) in [7, 11) is 0. The Balaban J connectivity index is 1.44. The molecule has 0 saturated carbocycles. The van der Waals surface area contributed by atoms with Crippen LogP contribution in [0.4, 0.5) is 5.82 Å². The summed E-state index contributed by atoms with van der Waals surface area (Å²) in [5.41, 5.74) is 1.11. The van der Waals surface area contributed by atoms with E-state index in [-0.39, 0.29) is 6.61 Å². The topological polar surface area (TPSA) is 72.7 Å². The molecule has 1 aromatic carbocycles. The van der Waals surface area contributed by atoms with Gasteiger partial charge in [0.05, 0.1) is 6.61 Å². The second-order valence-electron chi connectivity index (χ2n) is 7.88. The van der Waals surface area contributed by atoms with Gasteiger partial charge in [-0.3, -0.25) is 4.90 Å². The second-order valence-corrected chi connectivity index (χ2v) is 7.88. The van der Waals surface area contributed by atoms with Gasteiger partial charge in [0.2, 0.25) is 0 Å². The fraction of sp³-hybridized carbons (Fsp3) is 0.524. The van der Waals surface area contributed by atoms with Crippen LogP contribution in [0.2, 0.25) is 0 Å². The summed E-state index contributed by atoms with van der Waals surface area (Å²) in [6.07, 6.45) is 2.76.